The summed E-state index contributed by atoms with van der Waals surface area (Å²) in [6, 6.07) is 30.7. The molecule has 1 spiro atoms. The van der Waals surface area contributed by atoms with E-state index in [0.29, 0.717) is 0 Å². The van der Waals surface area contributed by atoms with Gasteiger partial charge >= 0.3 is 0 Å². The third kappa shape index (κ3) is 1.91. The molecule has 1 heterocycles. The zero-order valence-corrected chi connectivity index (χ0v) is 18.0. The van der Waals surface area contributed by atoms with E-state index in [1.54, 1.807) is 0 Å². The molecule has 0 fully saturated rings. The van der Waals surface area contributed by atoms with Crippen LogP contribution in [0.2, 0.25) is 0 Å². The molecule has 134 valence electrons. The van der Waals surface area contributed by atoms with Gasteiger partial charge in [-0.2, -0.15) is 0 Å². The van der Waals surface area contributed by atoms with Crippen molar-refractivity contribution in [2.24, 2.45) is 0 Å². The number of rotatable bonds is 0. The van der Waals surface area contributed by atoms with Crippen molar-refractivity contribution >= 4 is 43.2 Å². The molecule has 0 amide bonds. The maximum absolute atomic E-state index is 3.79. The SMILES string of the molecule is Brc1cccc2c1Nc1c(Br)cccc1C21c2ccccc2-c2ccccc21. The lowest BCUT2D eigenvalue weighted by molar-refractivity contribution is 0.761. The molecule has 1 nitrogen and oxygen atoms in total. The van der Waals surface area contributed by atoms with Gasteiger partial charge in [-0.25, -0.2) is 0 Å². The molecule has 4 aromatic carbocycles. The second-order valence-corrected chi connectivity index (χ2v) is 9.00. The number of hydrogen-bond donors (Lipinski definition) is 1. The van der Waals surface area contributed by atoms with Crippen molar-refractivity contribution in [1.29, 1.82) is 0 Å². The summed E-state index contributed by atoms with van der Waals surface area (Å²) < 4.78 is 2.15. The number of hydrogen-bond acceptors (Lipinski definition) is 1. The van der Waals surface area contributed by atoms with Crippen LogP contribution in [0.1, 0.15) is 22.3 Å². The largest absolute Gasteiger partial charge is 0.353 e. The van der Waals surface area contributed by atoms with Gasteiger partial charge in [-0.1, -0.05) is 72.8 Å². The minimum Gasteiger partial charge on any atom is -0.353 e. The summed E-state index contributed by atoms with van der Waals surface area (Å²) in [4.78, 5) is 0. The molecule has 1 N–H and O–H groups in total. The number of halogens is 2. The lowest BCUT2D eigenvalue weighted by Crippen LogP contribution is -2.33. The van der Waals surface area contributed by atoms with E-state index >= 15 is 0 Å². The lowest BCUT2D eigenvalue weighted by atomic mass is 9.65. The highest BCUT2D eigenvalue weighted by atomic mass is 79.9. The average Bonchev–Trinajstić information content (AvgIpc) is 3.02. The Labute approximate surface area is 180 Å². The molecule has 0 saturated heterocycles. The molecular formula is C25H15Br2N. The van der Waals surface area contributed by atoms with E-state index in [9.17, 15) is 0 Å². The molecule has 0 atom stereocenters. The lowest BCUT2D eigenvalue weighted by Gasteiger charge is -2.41. The maximum atomic E-state index is 3.79. The molecule has 1 aliphatic heterocycles. The minimum atomic E-state index is -0.337. The number of anilines is 2. The Hall–Kier alpha value is -2.36. The molecule has 0 radical (unpaired) electrons. The topological polar surface area (TPSA) is 12.0 Å². The maximum Gasteiger partial charge on any atom is 0.0754 e. The Bertz CT molecular complexity index is 1180. The van der Waals surface area contributed by atoms with Crippen LogP contribution in [0, 0.1) is 0 Å². The Balaban J connectivity index is 1.88. The first-order valence-corrected chi connectivity index (χ1v) is 10.9. The summed E-state index contributed by atoms with van der Waals surface area (Å²) in [5, 5.41) is 3.70. The fourth-order valence-corrected chi connectivity index (χ4v) is 5.94. The Morgan fingerprint density at radius 3 is 1.43 bits per heavy atom. The van der Waals surface area contributed by atoms with Gasteiger partial charge in [-0.05, 0) is 77.4 Å². The quantitative estimate of drug-likeness (QED) is 0.231. The van der Waals surface area contributed by atoms with E-state index in [4.69, 9.17) is 0 Å². The molecule has 28 heavy (non-hydrogen) atoms. The smallest absolute Gasteiger partial charge is 0.0754 e. The minimum absolute atomic E-state index is 0.337. The van der Waals surface area contributed by atoms with Crippen LogP contribution < -0.4 is 5.32 Å². The van der Waals surface area contributed by atoms with Gasteiger partial charge in [0.15, 0.2) is 0 Å². The summed E-state index contributed by atoms with van der Waals surface area (Å²) in [5.74, 6) is 0. The van der Waals surface area contributed by atoms with Crippen molar-refractivity contribution in [2.75, 3.05) is 5.32 Å². The highest BCUT2D eigenvalue weighted by Gasteiger charge is 2.50. The van der Waals surface area contributed by atoms with Crippen molar-refractivity contribution in [1.82, 2.24) is 0 Å². The average molecular weight is 489 g/mol. The molecule has 4 aromatic rings. The first kappa shape index (κ1) is 16.6. The van der Waals surface area contributed by atoms with Crippen LogP contribution in [-0.4, -0.2) is 0 Å². The van der Waals surface area contributed by atoms with E-state index in [1.807, 2.05) is 0 Å². The van der Waals surface area contributed by atoms with Crippen LogP contribution in [-0.2, 0) is 5.41 Å². The van der Waals surface area contributed by atoms with Crippen LogP contribution in [0.5, 0.6) is 0 Å². The van der Waals surface area contributed by atoms with Crippen molar-refractivity contribution in [3.8, 4) is 11.1 Å². The molecule has 1 aliphatic carbocycles. The summed E-state index contributed by atoms with van der Waals surface area (Å²) in [6.07, 6.45) is 0. The number of fused-ring (bicyclic) bond motifs is 9. The molecule has 0 bridgehead atoms. The van der Waals surface area contributed by atoms with Crippen LogP contribution in [0.4, 0.5) is 11.4 Å². The molecule has 2 aliphatic rings. The number of benzene rings is 4. The van der Waals surface area contributed by atoms with E-state index in [-0.39, 0.29) is 5.41 Å². The van der Waals surface area contributed by atoms with E-state index in [0.717, 1.165) is 20.3 Å². The number of nitrogens with one attached hydrogen (secondary N) is 1. The van der Waals surface area contributed by atoms with E-state index < -0.39 is 0 Å². The summed E-state index contributed by atoms with van der Waals surface area (Å²) in [7, 11) is 0. The molecular weight excluding hydrogens is 474 g/mol. The van der Waals surface area contributed by atoms with Crippen LogP contribution in [0.15, 0.2) is 93.9 Å². The molecule has 6 rings (SSSR count). The van der Waals surface area contributed by atoms with Gasteiger partial charge in [-0.15, -0.1) is 0 Å². The van der Waals surface area contributed by atoms with Crippen LogP contribution in [0.25, 0.3) is 11.1 Å². The van der Waals surface area contributed by atoms with Gasteiger partial charge in [0.05, 0.1) is 16.8 Å². The van der Waals surface area contributed by atoms with Crippen molar-refractivity contribution in [2.45, 2.75) is 5.41 Å². The Morgan fingerprint density at radius 1 is 0.500 bits per heavy atom. The Morgan fingerprint density at radius 2 is 0.929 bits per heavy atom. The monoisotopic (exact) mass is 487 g/mol. The molecule has 0 aromatic heterocycles. The summed E-state index contributed by atoms with van der Waals surface area (Å²) in [6.45, 7) is 0. The highest BCUT2D eigenvalue weighted by molar-refractivity contribution is 9.11. The first-order valence-electron chi connectivity index (χ1n) is 9.27. The van der Waals surface area contributed by atoms with E-state index in [1.165, 1.54) is 33.4 Å². The van der Waals surface area contributed by atoms with Crippen molar-refractivity contribution in [3.05, 3.63) is 116 Å². The predicted octanol–water partition coefficient (Wildman–Crippen LogP) is 7.63. The van der Waals surface area contributed by atoms with Crippen molar-refractivity contribution < 1.29 is 0 Å². The predicted molar refractivity (Wildman–Crippen MR) is 122 cm³/mol. The standard InChI is InChI=1S/C25H15Br2N/c26-21-13-5-11-19-23(21)28-24-20(12-6-14-22(24)27)25(19)17-9-3-1-7-15(17)16-8-2-4-10-18(16)25/h1-14,28H. The normalized spacial score (nSPS) is 14.6. The van der Waals surface area contributed by atoms with E-state index in [2.05, 4.69) is 122 Å². The fraction of sp³-hybridized carbons (Fsp3) is 0.0400. The zero-order valence-electron chi connectivity index (χ0n) is 14.8. The first-order chi connectivity index (χ1) is 13.7. The van der Waals surface area contributed by atoms with Crippen LogP contribution in [0.3, 0.4) is 0 Å². The van der Waals surface area contributed by atoms with Gasteiger partial charge in [0.1, 0.15) is 0 Å². The third-order valence-corrected chi connectivity index (χ3v) is 7.36. The van der Waals surface area contributed by atoms with Gasteiger partial charge in [0.2, 0.25) is 0 Å². The molecule has 0 unspecified atom stereocenters. The second kappa shape index (κ2) is 5.82. The third-order valence-electron chi connectivity index (χ3n) is 6.04. The number of para-hydroxylation sites is 2. The molecule has 3 heteroatoms. The molecule has 0 saturated carbocycles. The van der Waals surface area contributed by atoms with Crippen LogP contribution >= 0.6 is 31.9 Å². The summed E-state index contributed by atoms with van der Waals surface area (Å²) in [5.41, 5.74) is 9.81. The van der Waals surface area contributed by atoms with Gasteiger partial charge in [0.25, 0.3) is 0 Å². The van der Waals surface area contributed by atoms with Gasteiger partial charge in [0, 0.05) is 8.95 Å². The fourth-order valence-electron chi connectivity index (χ4n) is 5.01. The van der Waals surface area contributed by atoms with Gasteiger partial charge < -0.3 is 5.32 Å². The summed E-state index contributed by atoms with van der Waals surface area (Å²) >= 11 is 7.58. The Kier molecular flexibility index (Phi) is 3.45. The second-order valence-electron chi connectivity index (χ2n) is 7.29. The zero-order chi connectivity index (χ0) is 18.9. The highest BCUT2D eigenvalue weighted by Crippen LogP contribution is 2.62. The van der Waals surface area contributed by atoms with Gasteiger partial charge in [-0.3, -0.25) is 0 Å². The van der Waals surface area contributed by atoms with Crippen molar-refractivity contribution in [3.63, 3.8) is 0 Å².